The summed E-state index contributed by atoms with van der Waals surface area (Å²) in [5, 5.41) is 0.871. The summed E-state index contributed by atoms with van der Waals surface area (Å²) in [7, 11) is -2.13. The smallest absolute Gasteiger partial charge is 0.253 e. The lowest BCUT2D eigenvalue weighted by atomic mass is 10.00. The van der Waals surface area contributed by atoms with E-state index in [0.29, 0.717) is 17.1 Å². The van der Waals surface area contributed by atoms with Gasteiger partial charge in [-0.15, -0.1) is 0 Å². The topological polar surface area (TPSA) is 65.4 Å². The van der Waals surface area contributed by atoms with Gasteiger partial charge in [0.25, 0.3) is 5.56 Å². The van der Waals surface area contributed by atoms with E-state index in [4.69, 9.17) is 4.74 Å². The number of pyridine rings is 1. The average molecular weight is 442 g/mol. The molecule has 0 N–H and O–H groups in total. The molecule has 0 saturated carbocycles. The van der Waals surface area contributed by atoms with Gasteiger partial charge in [0.1, 0.15) is 17.3 Å². The third-order valence-electron chi connectivity index (χ3n) is 4.99. The molecule has 0 unspecified atom stereocenters. The Labute approximate surface area is 181 Å². The Morgan fingerprint density at radius 2 is 1.77 bits per heavy atom. The van der Waals surface area contributed by atoms with E-state index in [1.54, 1.807) is 18.2 Å². The summed E-state index contributed by atoms with van der Waals surface area (Å²) >= 11 is 0. The van der Waals surface area contributed by atoms with Crippen molar-refractivity contribution in [3.8, 4) is 22.6 Å². The van der Waals surface area contributed by atoms with Gasteiger partial charge in [0.15, 0.2) is 9.84 Å². The Morgan fingerprint density at radius 3 is 2.39 bits per heavy atom. The molecule has 0 saturated heterocycles. The van der Waals surface area contributed by atoms with Crippen LogP contribution in [0.4, 0.5) is 4.39 Å². The fraction of sp³-hybridized carbons (Fsp3) is 0.208. The molecule has 0 fully saturated rings. The highest BCUT2D eigenvalue weighted by molar-refractivity contribution is 7.93. The molecule has 1 aromatic heterocycles. The highest BCUT2D eigenvalue weighted by Gasteiger charge is 2.21. The number of hydrogen-bond acceptors (Lipinski definition) is 4. The van der Waals surface area contributed by atoms with Crippen LogP contribution in [0.15, 0.2) is 59.4 Å². The number of aromatic nitrogens is 1. The Kier molecular flexibility index (Phi) is 6.18. The van der Waals surface area contributed by atoms with Crippen LogP contribution in [0.25, 0.3) is 11.1 Å². The minimum atomic E-state index is -3.63. The van der Waals surface area contributed by atoms with Crippen LogP contribution in [0.5, 0.6) is 11.5 Å². The molecule has 31 heavy (non-hydrogen) atoms. The predicted molar refractivity (Wildman–Crippen MR) is 121 cm³/mol. The summed E-state index contributed by atoms with van der Waals surface area (Å²) in [4.78, 5) is 11.9. The van der Waals surface area contributed by atoms with Crippen molar-refractivity contribution in [2.45, 2.75) is 26.5 Å². The molecule has 3 aromatic rings. The second kappa shape index (κ2) is 8.51. The molecule has 162 valence electrons. The molecule has 0 amide bonds. The van der Waals surface area contributed by atoms with E-state index < -0.39 is 21.2 Å². The van der Waals surface area contributed by atoms with E-state index in [1.165, 1.54) is 17.8 Å². The summed E-state index contributed by atoms with van der Waals surface area (Å²) in [6.45, 7) is 9.16. The largest absolute Gasteiger partial charge is 0.456 e. The lowest BCUT2D eigenvalue weighted by Crippen LogP contribution is -2.16. The molecule has 5 nitrogen and oxygen atoms in total. The summed E-state index contributed by atoms with van der Waals surface area (Å²) in [6.07, 6.45) is 1.35. The monoisotopic (exact) mass is 441 g/mol. The standard InChI is InChI=1S/C24H24FNO4S/c1-6-31(28,29)14-18-8-7-9-21(30-24-16(3)10-15(2)11-17(24)4)23(18)19-13-26(5)22(27)12-20(19)25/h6-13H,1,14H2,2-5H3. The van der Waals surface area contributed by atoms with Crippen LogP contribution in [0, 0.1) is 26.6 Å². The predicted octanol–water partition coefficient (Wildman–Crippen LogP) is 4.97. The van der Waals surface area contributed by atoms with Gasteiger partial charge in [-0.3, -0.25) is 4.79 Å². The first-order valence-corrected chi connectivity index (χ1v) is 11.3. The van der Waals surface area contributed by atoms with Crippen molar-refractivity contribution in [1.82, 2.24) is 4.57 Å². The maximum Gasteiger partial charge on any atom is 0.253 e. The molecule has 0 radical (unpaired) electrons. The highest BCUT2D eigenvalue weighted by atomic mass is 32.2. The van der Waals surface area contributed by atoms with E-state index in [1.807, 2.05) is 32.9 Å². The molecule has 0 aliphatic heterocycles. The van der Waals surface area contributed by atoms with Crippen molar-refractivity contribution in [3.63, 3.8) is 0 Å². The zero-order chi connectivity index (χ0) is 22.9. The zero-order valence-electron chi connectivity index (χ0n) is 17.9. The van der Waals surface area contributed by atoms with E-state index in [0.717, 1.165) is 28.2 Å². The third-order valence-corrected chi connectivity index (χ3v) is 6.21. The van der Waals surface area contributed by atoms with E-state index in [-0.39, 0.29) is 16.9 Å². The van der Waals surface area contributed by atoms with Gasteiger partial charge < -0.3 is 9.30 Å². The molecular formula is C24H24FNO4S. The maximum atomic E-state index is 14.9. The first-order valence-electron chi connectivity index (χ1n) is 9.61. The van der Waals surface area contributed by atoms with Gasteiger partial charge in [0.2, 0.25) is 0 Å². The Balaban J connectivity index is 2.29. The van der Waals surface area contributed by atoms with Crippen molar-refractivity contribution in [2.75, 3.05) is 0 Å². The van der Waals surface area contributed by atoms with Gasteiger partial charge in [-0.25, -0.2) is 12.8 Å². The summed E-state index contributed by atoms with van der Waals surface area (Å²) in [6, 6.07) is 9.73. The number of sulfone groups is 1. The molecule has 0 atom stereocenters. The second-order valence-corrected chi connectivity index (χ2v) is 9.53. The Morgan fingerprint density at radius 1 is 1.13 bits per heavy atom. The molecule has 3 rings (SSSR count). The van der Waals surface area contributed by atoms with Crippen LogP contribution < -0.4 is 10.3 Å². The molecule has 0 spiro atoms. The normalized spacial score (nSPS) is 11.4. The number of aryl methyl sites for hydroxylation is 4. The third kappa shape index (κ3) is 4.77. The first-order chi connectivity index (χ1) is 14.5. The summed E-state index contributed by atoms with van der Waals surface area (Å²) in [5.74, 6) is -0.226. The number of nitrogens with zero attached hydrogens (tertiary/aromatic N) is 1. The van der Waals surface area contributed by atoms with Crippen LogP contribution in [-0.4, -0.2) is 13.0 Å². The van der Waals surface area contributed by atoms with Gasteiger partial charge >= 0.3 is 0 Å². The number of hydrogen-bond donors (Lipinski definition) is 0. The Bertz CT molecular complexity index is 1320. The number of benzene rings is 2. The quantitative estimate of drug-likeness (QED) is 0.542. The van der Waals surface area contributed by atoms with Crippen molar-refractivity contribution in [2.24, 2.45) is 7.05 Å². The fourth-order valence-electron chi connectivity index (χ4n) is 3.59. The summed E-state index contributed by atoms with van der Waals surface area (Å²) < 4.78 is 46.9. The average Bonchev–Trinajstić information content (AvgIpc) is 2.68. The van der Waals surface area contributed by atoms with E-state index in [9.17, 15) is 17.6 Å². The lowest BCUT2D eigenvalue weighted by molar-refractivity contribution is 0.475. The van der Waals surface area contributed by atoms with Crippen molar-refractivity contribution in [3.05, 3.63) is 93.0 Å². The van der Waals surface area contributed by atoms with E-state index in [2.05, 4.69) is 6.58 Å². The van der Waals surface area contributed by atoms with E-state index >= 15 is 0 Å². The highest BCUT2D eigenvalue weighted by Crippen LogP contribution is 2.40. The van der Waals surface area contributed by atoms with Gasteiger partial charge in [-0.1, -0.05) is 36.4 Å². The van der Waals surface area contributed by atoms with Gasteiger partial charge in [-0.2, -0.15) is 0 Å². The first kappa shape index (κ1) is 22.5. The van der Waals surface area contributed by atoms with Crippen LogP contribution in [0.2, 0.25) is 0 Å². The number of halogens is 1. The number of ether oxygens (including phenoxy) is 1. The zero-order valence-corrected chi connectivity index (χ0v) is 18.7. The SMILES string of the molecule is C=CS(=O)(=O)Cc1cccc(Oc2c(C)cc(C)cc2C)c1-c1cn(C)c(=O)cc1F. The van der Waals surface area contributed by atoms with Crippen molar-refractivity contribution in [1.29, 1.82) is 0 Å². The molecule has 7 heteroatoms. The van der Waals surface area contributed by atoms with Crippen molar-refractivity contribution < 1.29 is 17.5 Å². The molecule has 0 aliphatic rings. The number of rotatable bonds is 6. The minimum absolute atomic E-state index is 0.0781. The molecule has 0 aliphatic carbocycles. The van der Waals surface area contributed by atoms with Crippen LogP contribution in [0.3, 0.4) is 0 Å². The van der Waals surface area contributed by atoms with Gasteiger partial charge in [0, 0.05) is 35.8 Å². The van der Waals surface area contributed by atoms with Gasteiger partial charge in [-0.05, 0) is 43.5 Å². The molecular weight excluding hydrogens is 417 g/mol. The molecule has 2 aromatic carbocycles. The van der Waals surface area contributed by atoms with Crippen LogP contribution in [-0.2, 0) is 22.6 Å². The maximum absolute atomic E-state index is 14.9. The minimum Gasteiger partial charge on any atom is -0.456 e. The summed E-state index contributed by atoms with van der Waals surface area (Å²) in [5.41, 5.74) is 3.07. The van der Waals surface area contributed by atoms with Crippen LogP contribution in [0.1, 0.15) is 22.3 Å². The van der Waals surface area contributed by atoms with Gasteiger partial charge in [0.05, 0.1) is 5.75 Å². The molecule has 1 heterocycles. The Hall–Kier alpha value is -3.19. The second-order valence-electron chi connectivity index (χ2n) is 7.58. The fourth-order valence-corrected chi connectivity index (χ4v) is 4.38. The lowest BCUT2D eigenvalue weighted by Gasteiger charge is -2.19. The molecule has 0 bridgehead atoms. The van der Waals surface area contributed by atoms with Crippen LogP contribution >= 0.6 is 0 Å². The van der Waals surface area contributed by atoms with Crippen molar-refractivity contribution >= 4 is 9.84 Å².